The number of fused-ring (bicyclic) bond motifs is 5. The maximum Gasteiger partial charge on any atom is 0.138 e. The molecule has 0 amide bonds. The Kier molecular flexibility index (Phi) is 4.57. The minimum atomic E-state index is -0.160. The molecule has 1 aliphatic heterocycles. The molecular formula is C24H37NO3. The normalized spacial score (nSPS) is 53.8. The van der Waals surface area contributed by atoms with Crippen LogP contribution in [-0.2, 0) is 9.53 Å². The number of nitrogens with one attached hydrogen (secondary N) is 1. The average Bonchev–Trinajstić information content (AvgIpc) is 2.94. The number of morpholine rings is 1. The van der Waals surface area contributed by atoms with E-state index in [0.717, 1.165) is 45.3 Å². The molecule has 3 saturated carbocycles. The summed E-state index contributed by atoms with van der Waals surface area (Å²) in [5.41, 5.74) is 1.83. The van der Waals surface area contributed by atoms with Crippen LogP contribution in [0.5, 0.6) is 0 Å². The lowest BCUT2D eigenvalue weighted by atomic mass is 9.45. The largest absolute Gasteiger partial charge is 0.393 e. The lowest BCUT2D eigenvalue weighted by Crippen LogP contribution is -2.56. The molecule has 0 aromatic carbocycles. The molecule has 5 rings (SSSR count). The van der Waals surface area contributed by atoms with E-state index in [9.17, 15) is 9.90 Å². The van der Waals surface area contributed by atoms with Crippen LogP contribution in [0, 0.1) is 40.4 Å². The first-order valence-corrected chi connectivity index (χ1v) is 11.6. The van der Waals surface area contributed by atoms with Gasteiger partial charge in [-0.2, -0.15) is 0 Å². The Bertz CT molecular complexity index is 683. The standard InChI is InChI=1S/C24H37NO3/c1-14-10-15-11-16(26)4-6-23(15,2)17-5-7-24(3)18(21(14)17)12-20(27)22(24)19-13-28-9-8-25-19/h10,14,16-19,21-22,25-26H,4-9,11-13H2,1-3H3/t14?,16?,17-,18+,19?,21-,22?,23+,24+/m1/s1. The highest BCUT2D eigenvalue weighted by atomic mass is 16.5. The van der Waals surface area contributed by atoms with Crippen molar-refractivity contribution in [2.75, 3.05) is 19.8 Å². The Morgan fingerprint density at radius 3 is 2.75 bits per heavy atom. The fourth-order valence-corrected chi connectivity index (χ4v) is 8.32. The van der Waals surface area contributed by atoms with E-state index >= 15 is 0 Å². The summed E-state index contributed by atoms with van der Waals surface area (Å²) < 4.78 is 5.74. The Balaban J connectivity index is 1.49. The van der Waals surface area contributed by atoms with Crippen molar-refractivity contribution >= 4 is 5.78 Å². The van der Waals surface area contributed by atoms with Crippen molar-refractivity contribution in [2.24, 2.45) is 40.4 Å². The summed E-state index contributed by atoms with van der Waals surface area (Å²) in [6.45, 7) is 9.56. The van der Waals surface area contributed by atoms with Gasteiger partial charge in [-0.3, -0.25) is 4.79 Å². The Morgan fingerprint density at radius 2 is 2.00 bits per heavy atom. The van der Waals surface area contributed by atoms with Gasteiger partial charge in [-0.15, -0.1) is 0 Å². The van der Waals surface area contributed by atoms with Crippen LogP contribution in [0.4, 0.5) is 0 Å². The second kappa shape index (κ2) is 6.65. The van der Waals surface area contributed by atoms with Crippen molar-refractivity contribution in [2.45, 2.75) is 71.4 Å². The average molecular weight is 388 g/mol. The van der Waals surface area contributed by atoms with Gasteiger partial charge in [-0.25, -0.2) is 0 Å². The second-order valence-corrected chi connectivity index (χ2v) is 11.0. The van der Waals surface area contributed by atoms with Gasteiger partial charge in [0.1, 0.15) is 5.78 Å². The van der Waals surface area contributed by atoms with Crippen LogP contribution >= 0.6 is 0 Å². The highest BCUT2D eigenvalue weighted by molar-refractivity contribution is 5.85. The van der Waals surface area contributed by atoms with Crippen LogP contribution in [0.15, 0.2) is 11.6 Å². The number of allylic oxidation sites excluding steroid dienone is 1. The van der Waals surface area contributed by atoms with Crippen LogP contribution in [0.25, 0.3) is 0 Å². The van der Waals surface area contributed by atoms with Gasteiger partial charge in [0, 0.05) is 24.9 Å². The number of carbonyl (C=O) groups excluding carboxylic acids is 1. The minimum Gasteiger partial charge on any atom is -0.393 e. The smallest absolute Gasteiger partial charge is 0.138 e. The van der Waals surface area contributed by atoms with Crippen molar-refractivity contribution in [1.82, 2.24) is 5.32 Å². The molecule has 4 aliphatic carbocycles. The van der Waals surface area contributed by atoms with Crippen molar-refractivity contribution in [3.05, 3.63) is 11.6 Å². The predicted molar refractivity (Wildman–Crippen MR) is 109 cm³/mol. The minimum absolute atomic E-state index is 0.0980. The van der Waals surface area contributed by atoms with Gasteiger partial charge in [0.25, 0.3) is 0 Å². The predicted octanol–water partition coefficient (Wildman–Crippen LogP) is 3.34. The monoisotopic (exact) mass is 387 g/mol. The third-order valence-corrected chi connectivity index (χ3v) is 9.68. The van der Waals surface area contributed by atoms with E-state index in [1.54, 1.807) is 0 Å². The number of aliphatic hydroxyl groups excluding tert-OH is 1. The van der Waals surface area contributed by atoms with Gasteiger partial charge in [-0.05, 0) is 66.6 Å². The van der Waals surface area contributed by atoms with E-state index in [4.69, 9.17) is 4.74 Å². The number of ether oxygens (including phenoxy) is 1. The molecule has 0 aromatic heterocycles. The molecule has 0 bridgehead atoms. The number of ketones is 1. The SMILES string of the molecule is CC1C=C2CC(O)CC[C@]2(C)[C@@H]2CC[C@]3(C)C(C4COCCN4)C(=O)C[C@H]3[C@H]12. The fourth-order valence-electron chi connectivity index (χ4n) is 8.32. The molecular weight excluding hydrogens is 350 g/mol. The maximum absolute atomic E-state index is 13.3. The molecule has 4 unspecified atom stereocenters. The maximum atomic E-state index is 13.3. The van der Waals surface area contributed by atoms with Crippen LogP contribution in [0.1, 0.15) is 59.3 Å². The number of carbonyl (C=O) groups is 1. The second-order valence-electron chi connectivity index (χ2n) is 11.0. The van der Waals surface area contributed by atoms with Gasteiger partial charge < -0.3 is 15.2 Å². The zero-order valence-corrected chi connectivity index (χ0v) is 17.7. The number of Topliss-reactive ketones (excluding diaryl/α,β-unsaturated/α-hetero) is 1. The lowest BCUT2D eigenvalue weighted by molar-refractivity contribution is -0.125. The topological polar surface area (TPSA) is 58.6 Å². The van der Waals surface area contributed by atoms with Crippen molar-refractivity contribution < 1.29 is 14.6 Å². The molecule has 156 valence electrons. The van der Waals surface area contributed by atoms with Crippen LogP contribution in [0.2, 0.25) is 0 Å². The Hall–Kier alpha value is -0.710. The summed E-state index contributed by atoms with van der Waals surface area (Å²) in [6, 6.07) is 0.193. The lowest BCUT2D eigenvalue weighted by Gasteiger charge is -2.59. The summed E-state index contributed by atoms with van der Waals surface area (Å²) >= 11 is 0. The molecule has 0 aromatic rings. The molecule has 5 aliphatic rings. The molecule has 28 heavy (non-hydrogen) atoms. The van der Waals surface area contributed by atoms with E-state index < -0.39 is 0 Å². The fraction of sp³-hybridized carbons (Fsp3) is 0.875. The summed E-state index contributed by atoms with van der Waals surface area (Å²) in [7, 11) is 0. The molecule has 9 atom stereocenters. The molecule has 2 N–H and O–H groups in total. The molecule has 0 spiro atoms. The van der Waals surface area contributed by atoms with Gasteiger partial charge >= 0.3 is 0 Å². The van der Waals surface area contributed by atoms with E-state index in [1.807, 2.05) is 0 Å². The third-order valence-electron chi connectivity index (χ3n) is 9.68. The van der Waals surface area contributed by atoms with E-state index in [0.29, 0.717) is 36.1 Å². The Morgan fingerprint density at radius 1 is 1.18 bits per heavy atom. The molecule has 0 radical (unpaired) electrons. The first-order valence-electron chi connectivity index (χ1n) is 11.6. The van der Waals surface area contributed by atoms with E-state index in [1.165, 1.54) is 12.0 Å². The number of hydrogen-bond acceptors (Lipinski definition) is 4. The van der Waals surface area contributed by atoms with Crippen LogP contribution in [-0.4, -0.2) is 42.8 Å². The first-order chi connectivity index (χ1) is 13.3. The van der Waals surface area contributed by atoms with Gasteiger partial charge in [0.05, 0.1) is 19.3 Å². The first kappa shape index (κ1) is 19.3. The molecule has 1 saturated heterocycles. The highest BCUT2D eigenvalue weighted by Gasteiger charge is 2.63. The van der Waals surface area contributed by atoms with Gasteiger partial charge in [-0.1, -0.05) is 32.4 Å². The van der Waals surface area contributed by atoms with Crippen molar-refractivity contribution in [3.8, 4) is 0 Å². The summed E-state index contributed by atoms with van der Waals surface area (Å²) in [5, 5.41) is 13.9. The number of aliphatic hydroxyl groups is 1. The molecule has 4 heteroatoms. The summed E-state index contributed by atoms with van der Waals surface area (Å²) in [6.07, 6.45) is 8.37. The summed E-state index contributed by atoms with van der Waals surface area (Å²) in [5.74, 6) is 2.84. The van der Waals surface area contributed by atoms with Crippen molar-refractivity contribution in [1.29, 1.82) is 0 Å². The number of hydrogen-bond donors (Lipinski definition) is 2. The highest BCUT2D eigenvalue weighted by Crippen LogP contribution is 2.67. The zero-order valence-electron chi connectivity index (χ0n) is 17.7. The molecule has 4 nitrogen and oxygen atoms in total. The zero-order chi connectivity index (χ0) is 19.7. The molecule has 4 fully saturated rings. The number of rotatable bonds is 1. The Labute approximate surface area is 169 Å². The quantitative estimate of drug-likeness (QED) is 0.678. The third kappa shape index (κ3) is 2.63. The van der Waals surface area contributed by atoms with E-state index in [-0.39, 0.29) is 28.9 Å². The molecule has 1 heterocycles. The van der Waals surface area contributed by atoms with Crippen LogP contribution < -0.4 is 5.32 Å². The summed E-state index contributed by atoms with van der Waals surface area (Å²) in [4.78, 5) is 13.3. The van der Waals surface area contributed by atoms with Gasteiger partial charge in [0.15, 0.2) is 0 Å². The van der Waals surface area contributed by atoms with Crippen molar-refractivity contribution in [3.63, 3.8) is 0 Å². The van der Waals surface area contributed by atoms with Gasteiger partial charge in [0.2, 0.25) is 0 Å². The van der Waals surface area contributed by atoms with E-state index in [2.05, 4.69) is 32.2 Å². The van der Waals surface area contributed by atoms with Crippen LogP contribution in [0.3, 0.4) is 0 Å².